The highest BCUT2D eigenvalue weighted by Gasteiger charge is 2.21. The molecule has 1 aliphatic heterocycles. The number of benzene rings is 4. The van der Waals surface area contributed by atoms with Gasteiger partial charge in [-0.1, -0.05) is 79.2 Å². The van der Waals surface area contributed by atoms with Crippen LogP contribution in [0.4, 0.5) is 5.69 Å². The van der Waals surface area contributed by atoms with Gasteiger partial charge in [0.2, 0.25) is 0 Å². The Balaban J connectivity index is 1.27. The molecule has 0 fully saturated rings. The first-order valence-electron chi connectivity index (χ1n) is 13.4. The highest BCUT2D eigenvalue weighted by molar-refractivity contribution is 6.33. The first-order valence-corrected chi connectivity index (χ1v) is 13.7. The van der Waals surface area contributed by atoms with Crippen molar-refractivity contribution in [1.29, 1.82) is 0 Å². The SMILES string of the molecule is Cc1ccc2c3c(cccc13)C(/C=C/C1=C(Cl)C(=C/C=c3/[nH]c4ccc(C)c5cccc3c45)/CC(C)C1)=N2. The monoisotopic (exact) mass is 512 g/mol. The fourth-order valence-corrected chi connectivity index (χ4v) is 6.52. The minimum atomic E-state index is 0.524. The summed E-state index contributed by atoms with van der Waals surface area (Å²) in [6.45, 7) is 6.64. The number of aromatic nitrogens is 1. The van der Waals surface area contributed by atoms with Crippen molar-refractivity contribution in [1.82, 2.24) is 4.98 Å². The number of H-pyrrole nitrogens is 1. The molecule has 7 rings (SSSR count). The molecule has 1 aliphatic carbocycles. The van der Waals surface area contributed by atoms with Gasteiger partial charge in [-0.2, -0.15) is 0 Å². The minimum absolute atomic E-state index is 0.524. The van der Waals surface area contributed by atoms with E-state index in [1.54, 1.807) is 0 Å². The van der Waals surface area contributed by atoms with E-state index in [1.165, 1.54) is 60.3 Å². The molecule has 1 atom stereocenters. The van der Waals surface area contributed by atoms with Crippen molar-refractivity contribution in [2.75, 3.05) is 0 Å². The molecule has 0 bridgehead atoms. The lowest BCUT2D eigenvalue weighted by Gasteiger charge is -2.22. The van der Waals surface area contributed by atoms with E-state index in [4.69, 9.17) is 16.6 Å². The highest BCUT2D eigenvalue weighted by Crippen LogP contribution is 2.39. The molecule has 38 heavy (non-hydrogen) atoms. The highest BCUT2D eigenvalue weighted by atomic mass is 35.5. The Hall–Kier alpha value is -3.88. The third-order valence-electron chi connectivity index (χ3n) is 8.17. The summed E-state index contributed by atoms with van der Waals surface area (Å²) < 4.78 is 0. The Morgan fingerprint density at radius 1 is 0.816 bits per heavy atom. The molecule has 3 heteroatoms. The third kappa shape index (κ3) is 3.67. The number of allylic oxidation sites excluding steroid dienone is 6. The summed E-state index contributed by atoms with van der Waals surface area (Å²) in [5.74, 6) is 0.524. The molecule has 2 heterocycles. The first-order chi connectivity index (χ1) is 18.5. The lowest BCUT2D eigenvalue weighted by molar-refractivity contribution is 0.563. The first kappa shape index (κ1) is 23.3. The van der Waals surface area contributed by atoms with Crippen molar-refractivity contribution in [2.45, 2.75) is 33.6 Å². The van der Waals surface area contributed by atoms with Crippen LogP contribution in [0.5, 0.6) is 0 Å². The normalized spacial score (nSPS) is 19.3. The van der Waals surface area contributed by atoms with Gasteiger partial charge in [-0.05, 0) is 89.9 Å². The summed E-state index contributed by atoms with van der Waals surface area (Å²) in [7, 11) is 0. The average molecular weight is 513 g/mol. The van der Waals surface area contributed by atoms with E-state index in [2.05, 4.69) is 111 Å². The molecular formula is C35H29ClN2. The van der Waals surface area contributed by atoms with Gasteiger partial charge in [-0.15, -0.1) is 0 Å². The molecule has 1 unspecified atom stereocenters. The summed E-state index contributed by atoms with van der Waals surface area (Å²) in [5.41, 5.74) is 9.40. The van der Waals surface area contributed by atoms with Gasteiger partial charge in [0.1, 0.15) is 0 Å². The summed E-state index contributed by atoms with van der Waals surface area (Å²) in [5, 5.41) is 8.40. The van der Waals surface area contributed by atoms with Gasteiger partial charge in [-0.25, -0.2) is 4.99 Å². The molecule has 2 nitrogen and oxygen atoms in total. The van der Waals surface area contributed by atoms with Crippen LogP contribution in [0.15, 0.2) is 100 Å². The number of nitrogens with zero attached hydrogens (tertiary/aromatic N) is 1. The van der Waals surface area contributed by atoms with Crippen molar-refractivity contribution in [3.8, 4) is 0 Å². The van der Waals surface area contributed by atoms with Gasteiger partial charge >= 0.3 is 0 Å². The van der Waals surface area contributed by atoms with Crippen molar-refractivity contribution in [3.05, 3.63) is 117 Å². The zero-order chi connectivity index (χ0) is 26.0. The quantitative estimate of drug-likeness (QED) is 0.249. The van der Waals surface area contributed by atoms with Crippen LogP contribution in [0.1, 0.15) is 36.5 Å². The summed E-state index contributed by atoms with van der Waals surface area (Å²) in [6.07, 6.45) is 10.7. The molecule has 0 amide bonds. The van der Waals surface area contributed by atoms with E-state index < -0.39 is 0 Å². The van der Waals surface area contributed by atoms with E-state index in [9.17, 15) is 0 Å². The Labute approximate surface area is 227 Å². The Morgan fingerprint density at radius 3 is 2.39 bits per heavy atom. The molecule has 0 saturated heterocycles. The van der Waals surface area contributed by atoms with Crippen molar-refractivity contribution in [2.24, 2.45) is 10.9 Å². The molecule has 2 aliphatic rings. The number of halogens is 1. The average Bonchev–Trinajstić information content (AvgIpc) is 3.47. The number of rotatable bonds is 3. The third-order valence-corrected chi connectivity index (χ3v) is 8.65. The molecule has 0 saturated carbocycles. The van der Waals surface area contributed by atoms with Gasteiger partial charge in [0.25, 0.3) is 0 Å². The second-order valence-electron chi connectivity index (χ2n) is 10.9. The number of aromatic amines is 1. The van der Waals surface area contributed by atoms with Crippen molar-refractivity contribution >= 4 is 61.5 Å². The van der Waals surface area contributed by atoms with Crippen LogP contribution in [-0.2, 0) is 0 Å². The van der Waals surface area contributed by atoms with Gasteiger partial charge in [0.05, 0.1) is 11.4 Å². The van der Waals surface area contributed by atoms with E-state index >= 15 is 0 Å². The maximum Gasteiger partial charge on any atom is 0.0722 e. The van der Waals surface area contributed by atoms with Crippen molar-refractivity contribution in [3.63, 3.8) is 0 Å². The minimum Gasteiger partial charge on any atom is -0.354 e. The van der Waals surface area contributed by atoms with Crippen LogP contribution < -0.4 is 5.35 Å². The smallest absolute Gasteiger partial charge is 0.0722 e. The molecule has 186 valence electrons. The maximum absolute atomic E-state index is 7.04. The molecule has 0 spiro atoms. The Kier molecular flexibility index (Phi) is 5.42. The topological polar surface area (TPSA) is 28.1 Å². The van der Waals surface area contributed by atoms with E-state index in [-0.39, 0.29) is 0 Å². The predicted molar refractivity (Wildman–Crippen MR) is 164 cm³/mol. The Morgan fingerprint density at radius 2 is 1.55 bits per heavy atom. The second-order valence-corrected chi connectivity index (χ2v) is 11.2. The van der Waals surface area contributed by atoms with Gasteiger partial charge in [-0.3, -0.25) is 0 Å². The molecular weight excluding hydrogens is 484 g/mol. The maximum atomic E-state index is 7.04. The van der Waals surface area contributed by atoms with E-state index in [0.717, 1.165) is 34.6 Å². The lowest BCUT2D eigenvalue weighted by Crippen LogP contribution is -2.08. The number of hydrogen-bond donors (Lipinski definition) is 1. The summed E-state index contributed by atoms with van der Waals surface area (Å²) >= 11 is 7.04. The largest absolute Gasteiger partial charge is 0.354 e. The molecule has 0 radical (unpaired) electrons. The molecule has 4 aromatic carbocycles. The fraction of sp³-hybridized carbons (Fsp3) is 0.171. The lowest BCUT2D eigenvalue weighted by atomic mass is 9.86. The molecule has 5 aromatic rings. The number of nitrogens with one attached hydrogen (secondary N) is 1. The Bertz CT molecular complexity index is 1960. The van der Waals surface area contributed by atoms with E-state index in [0.29, 0.717) is 5.92 Å². The van der Waals surface area contributed by atoms with Gasteiger partial charge < -0.3 is 4.98 Å². The fourth-order valence-electron chi connectivity index (χ4n) is 6.24. The number of hydrogen-bond acceptors (Lipinski definition) is 1. The van der Waals surface area contributed by atoms with Crippen LogP contribution in [-0.4, -0.2) is 10.7 Å². The van der Waals surface area contributed by atoms with Crippen LogP contribution in [0, 0.1) is 19.8 Å². The summed E-state index contributed by atoms with van der Waals surface area (Å²) in [4.78, 5) is 8.57. The van der Waals surface area contributed by atoms with Crippen LogP contribution in [0.2, 0.25) is 0 Å². The zero-order valence-electron chi connectivity index (χ0n) is 21.9. The number of aliphatic imine (C=N–C) groups is 1. The standard InChI is InChI=1S/C35H29ClN2/c1-20-18-23(12-16-29-27-8-4-6-25-21(2)10-14-31(37-29)33(25)27)35(36)24(19-20)13-17-30-28-9-5-7-26-22(3)11-15-32(38-30)34(26)28/h4-17,20,37H,18-19H2,1-3H3/b17-13+,23-12+,29-16+. The predicted octanol–water partition coefficient (Wildman–Crippen LogP) is 9.13. The van der Waals surface area contributed by atoms with Gasteiger partial charge in [0, 0.05) is 37.6 Å². The van der Waals surface area contributed by atoms with Crippen LogP contribution >= 0.6 is 11.6 Å². The molecule has 1 N–H and O–H groups in total. The molecule has 1 aromatic heterocycles. The van der Waals surface area contributed by atoms with Crippen LogP contribution in [0.3, 0.4) is 0 Å². The van der Waals surface area contributed by atoms with Crippen LogP contribution in [0.25, 0.3) is 38.5 Å². The van der Waals surface area contributed by atoms with E-state index in [1.807, 2.05) is 0 Å². The zero-order valence-corrected chi connectivity index (χ0v) is 22.7. The van der Waals surface area contributed by atoms with Gasteiger partial charge in [0.15, 0.2) is 0 Å². The second kappa shape index (κ2) is 8.85. The van der Waals surface area contributed by atoms with Crippen molar-refractivity contribution < 1.29 is 0 Å². The number of aryl methyl sites for hydroxylation is 2. The summed E-state index contributed by atoms with van der Waals surface area (Å²) in [6, 6.07) is 21.7.